The highest BCUT2D eigenvalue weighted by Gasteiger charge is 2.35. The fourth-order valence-electron chi connectivity index (χ4n) is 2.75. The number of aryl methyl sites for hydroxylation is 1. The molecule has 0 bridgehead atoms. The Morgan fingerprint density at radius 2 is 2.12 bits per heavy atom. The number of hydrogen-bond acceptors (Lipinski definition) is 1. The van der Waals surface area contributed by atoms with Gasteiger partial charge in [0.1, 0.15) is 5.82 Å². The van der Waals surface area contributed by atoms with Gasteiger partial charge in [-0.1, -0.05) is 13.8 Å². The van der Waals surface area contributed by atoms with Crippen LogP contribution < -0.4 is 0 Å². The summed E-state index contributed by atoms with van der Waals surface area (Å²) in [6.45, 7) is 6.27. The maximum atomic E-state index is 13.9. The van der Waals surface area contributed by atoms with Gasteiger partial charge in [-0.05, 0) is 31.9 Å². The number of rotatable bonds is 0. The topological polar surface area (TPSA) is 17.3 Å². The van der Waals surface area contributed by atoms with Crippen LogP contribution >= 0.6 is 0 Å². The summed E-state index contributed by atoms with van der Waals surface area (Å²) in [5.74, 6) is -0.0759. The fourth-order valence-corrected chi connectivity index (χ4v) is 2.75. The van der Waals surface area contributed by atoms with Gasteiger partial charge in [-0.15, -0.1) is 0 Å². The maximum Gasteiger partial charge on any atom is 0.130 e. The highest BCUT2D eigenvalue weighted by atomic mass is 19.1. The van der Waals surface area contributed by atoms with E-state index in [1.165, 1.54) is 0 Å². The Kier molecular flexibility index (Phi) is 1.74. The predicted molar refractivity (Wildman–Crippen MR) is 61.2 cm³/mol. The van der Waals surface area contributed by atoms with E-state index in [1.807, 2.05) is 17.5 Å². The average Bonchev–Trinajstić information content (AvgIpc) is 2.66. The molecule has 0 saturated carbocycles. The zero-order valence-electron chi connectivity index (χ0n) is 9.84. The minimum atomic E-state index is -0.0759. The van der Waals surface area contributed by atoms with Gasteiger partial charge in [-0.25, -0.2) is 8.91 Å². The lowest BCUT2D eigenvalue weighted by Crippen LogP contribution is -2.17. The minimum Gasteiger partial charge on any atom is -0.237 e. The molecule has 0 spiro atoms. The van der Waals surface area contributed by atoms with Gasteiger partial charge >= 0.3 is 0 Å². The molecule has 0 N–H and O–H groups in total. The van der Waals surface area contributed by atoms with Crippen LogP contribution in [0.1, 0.15) is 37.2 Å². The van der Waals surface area contributed by atoms with Gasteiger partial charge in [-0.2, -0.15) is 5.10 Å². The van der Waals surface area contributed by atoms with E-state index in [0.717, 1.165) is 35.3 Å². The normalized spacial score (nSPS) is 18.0. The first-order valence-electron chi connectivity index (χ1n) is 5.67. The molecule has 1 aliphatic carbocycles. The predicted octanol–water partition coefficient (Wildman–Crippen LogP) is 3.01. The third-order valence-corrected chi connectivity index (χ3v) is 3.56. The van der Waals surface area contributed by atoms with Gasteiger partial charge in [0.05, 0.1) is 16.9 Å². The van der Waals surface area contributed by atoms with E-state index in [1.54, 1.807) is 6.07 Å². The van der Waals surface area contributed by atoms with Gasteiger partial charge in [0.2, 0.25) is 0 Å². The lowest BCUT2D eigenvalue weighted by atomic mass is 9.90. The Labute approximate surface area is 94.1 Å². The molecular weight excluding hydrogens is 203 g/mol. The lowest BCUT2D eigenvalue weighted by Gasteiger charge is -2.19. The van der Waals surface area contributed by atoms with Crippen molar-refractivity contribution >= 4 is 5.52 Å². The van der Waals surface area contributed by atoms with E-state index in [9.17, 15) is 4.39 Å². The van der Waals surface area contributed by atoms with Crippen molar-refractivity contribution in [2.45, 2.75) is 39.0 Å². The van der Waals surface area contributed by atoms with Crippen molar-refractivity contribution in [2.24, 2.45) is 0 Å². The number of fused-ring (bicyclic) bond motifs is 3. The van der Waals surface area contributed by atoms with E-state index in [-0.39, 0.29) is 11.2 Å². The first-order chi connectivity index (χ1) is 7.49. The van der Waals surface area contributed by atoms with Crippen molar-refractivity contribution in [1.82, 2.24) is 9.61 Å². The molecule has 0 amide bonds. The quantitative estimate of drug-likeness (QED) is 0.664. The van der Waals surface area contributed by atoms with Crippen LogP contribution in [-0.2, 0) is 11.8 Å². The maximum absolute atomic E-state index is 13.9. The first kappa shape index (κ1) is 9.82. The van der Waals surface area contributed by atoms with E-state index in [0.29, 0.717) is 0 Å². The molecule has 1 aliphatic rings. The molecule has 84 valence electrons. The Balaban J connectivity index is 2.46. The van der Waals surface area contributed by atoms with E-state index < -0.39 is 0 Å². The molecule has 2 nitrogen and oxygen atoms in total. The molecule has 0 radical (unpaired) electrons. The van der Waals surface area contributed by atoms with Crippen LogP contribution in [0.15, 0.2) is 12.1 Å². The van der Waals surface area contributed by atoms with Crippen molar-refractivity contribution in [3.8, 4) is 0 Å². The Hall–Kier alpha value is -1.38. The second-order valence-electron chi connectivity index (χ2n) is 5.33. The first-order valence-corrected chi connectivity index (χ1v) is 5.67. The monoisotopic (exact) mass is 218 g/mol. The van der Waals surface area contributed by atoms with Crippen LogP contribution in [0, 0.1) is 12.7 Å². The molecule has 16 heavy (non-hydrogen) atoms. The van der Waals surface area contributed by atoms with Crippen molar-refractivity contribution in [1.29, 1.82) is 0 Å². The summed E-state index contributed by atoms with van der Waals surface area (Å²) in [6, 6.07) is 3.53. The van der Waals surface area contributed by atoms with E-state index in [2.05, 4.69) is 18.9 Å². The third kappa shape index (κ3) is 1.14. The average molecular weight is 218 g/mol. The van der Waals surface area contributed by atoms with Crippen LogP contribution in [-0.4, -0.2) is 9.61 Å². The third-order valence-electron chi connectivity index (χ3n) is 3.56. The summed E-state index contributed by atoms with van der Waals surface area (Å²) in [6.07, 6.45) is 1.82. The number of halogens is 1. The summed E-state index contributed by atoms with van der Waals surface area (Å²) in [7, 11) is 0. The van der Waals surface area contributed by atoms with Gasteiger partial charge in [-0.3, -0.25) is 0 Å². The number of aromatic nitrogens is 2. The Morgan fingerprint density at radius 3 is 2.88 bits per heavy atom. The highest BCUT2D eigenvalue weighted by molar-refractivity contribution is 5.53. The lowest BCUT2D eigenvalue weighted by molar-refractivity contribution is 0.497. The zero-order chi connectivity index (χ0) is 11.5. The summed E-state index contributed by atoms with van der Waals surface area (Å²) >= 11 is 0. The largest absolute Gasteiger partial charge is 0.237 e. The van der Waals surface area contributed by atoms with Gasteiger partial charge in [0.15, 0.2) is 0 Å². The molecule has 0 atom stereocenters. The smallest absolute Gasteiger partial charge is 0.130 e. The molecule has 0 aromatic carbocycles. The molecule has 2 heterocycles. The summed E-state index contributed by atoms with van der Waals surface area (Å²) in [5, 5.41) is 4.47. The summed E-state index contributed by atoms with van der Waals surface area (Å²) in [5.41, 5.74) is 3.73. The second kappa shape index (κ2) is 2.84. The van der Waals surface area contributed by atoms with Gasteiger partial charge in [0, 0.05) is 11.0 Å². The summed E-state index contributed by atoms with van der Waals surface area (Å²) in [4.78, 5) is 0. The molecule has 0 unspecified atom stereocenters. The highest BCUT2D eigenvalue weighted by Crippen LogP contribution is 2.39. The molecule has 3 rings (SSSR count). The number of hydrogen-bond donors (Lipinski definition) is 0. The Morgan fingerprint density at radius 1 is 1.38 bits per heavy atom. The van der Waals surface area contributed by atoms with Crippen LogP contribution in [0.3, 0.4) is 0 Å². The molecule has 0 aliphatic heterocycles. The van der Waals surface area contributed by atoms with Crippen molar-refractivity contribution in [2.75, 3.05) is 0 Å². The van der Waals surface area contributed by atoms with Crippen LogP contribution in [0.2, 0.25) is 0 Å². The molecule has 0 saturated heterocycles. The molecule has 2 aromatic heterocycles. The van der Waals surface area contributed by atoms with Gasteiger partial charge in [0.25, 0.3) is 0 Å². The van der Waals surface area contributed by atoms with Crippen LogP contribution in [0.4, 0.5) is 4.39 Å². The molecule has 2 aromatic rings. The molecular formula is C13H15FN2. The fraction of sp³-hybridized carbons (Fsp3) is 0.462. The zero-order valence-corrected chi connectivity index (χ0v) is 9.84. The number of nitrogens with zero attached hydrogens (tertiary/aromatic N) is 2. The summed E-state index contributed by atoms with van der Waals surface area (Å²) < 4.78 is 15.8. The van der Waals surface area contributed by atoms with Crippen LogP contribution in [0.5, 0.6) is 0 Å². The van der Waals surface area contributed by atoms with E-state index in [4.69, 9.17) is 0 Å². The van der Waals surface area contributed by atoms with Crippen molar-refractivity contribution in [3.05, 3.63) is 34.9 Å². The van der Waals surface area contributed by atoms with Gasteiger partial charge < -0.3 is 0 Å². The molecule has 3 heteroatoms. The van der Waals surface area contributed by atoms with Crippen molar-refractivity contribution in [3.63, 3.8) is 0 Å². The SMILES string of the molecule is Cc1cc2cc(F)c3c(n2n1)C(C)(C)CC3. The number of pyridine rings is 1. The van der Waals surface area contributed by atoms with Crippen molar-refractivity contribution < 1.29 is 4.39 Å². The second-order valence-corrected chi connectivity index (χ2v) is 5.33. The Bertz CT molecular complexity index is 581. The standard InChI is InChI=1S/C13H15FN2/c1-8-6-9-7-11(14)10-4-5-13(2,3)12(10)16(9)15-8/h6-7H,4-5H2,1-3H3. The minimum absolute atomic E-state index is 0.0220. The van der Waals surface area contributed by atoms with Crippen LogP contribution in [0.25, 0.3) is 5.52 Å². The molecule has 0 fully saturated rings. The van der Waals surface area contributed by atoms with E-state index >= 15 is 0 Å².